The third-order valence-corrected chi connectivity index (χ3v) is 5.46. The highest BCUT2D eigenvalue weighted by atomic mass is 35.5. The van der Waals surface area contributed by atoms with Crippen LogP contribution in [0.4, 0.5) is 4.79 Å². The van der Waals surface area contributed by atoms with Crippen molar-refractivity contribution in [3.05, 3.63) is 33.8 Å². The molecule has 1 N–H and O–H groups in total. The van der Waals surface area contributed by atoms with E-state index in [2.05, 4.69) is 5.32 Å². The fourth-order valence-electron chi connectivity index (χ4n) is 3.41. The molecule has 1 aliphatic heterocycles. The van der Waals surface area contributed by atoms with Crippen molar-refractivity contribution in [3.8, 4) is 0 Å². The van der Waals surface area contributed by atoms with Crippen LogP contribution in [0.1, 0.15) is 58.3 Å². The van der Waals surface area contributed by atoms with Crippen LogP contribution < -0.4 is 5.32 Å². The van der Waals surface area contributed by atoms with Gasteiger partial charge < -0.3 is 24.6 Å². The quantitative estimate of drug-likeness (QED) is 0.579. The maximum atomic E-state index is 13.3. The minimum absolute atomic E-state index is 0.202. The van der Waals surface area contributed by atoms with Crippen molar-refractivity contribution >= 4 is 47.1 Å². The van der Waals surface area contributed by atoms with Gasteiger partial charge in [0.05, 0.1) is 22.0 Å². The molecule has 1 saturated heterocycles. The highest BCUT2D eigenvalue weighted by Gasteiger charge is 2.34. The number of halogens is 2. The molecule has 0 radical (unpaired) electrons. The number of rotatable bonds is 5. The monoisotopic (exact) mass is 529 g/mol. The van der Waals surface area contributed by atoms with Gasteiger partial charge in [-0.15, -0.1) is 0 Å². The van der Waals surface area contributed by atoms with Crippen LogP contribution in [0.25, 0.3) is 0 Å². The summed E-state index contributed by atoms with van der Waals surface area (Å²) in [5.74, 6) is -1.43. The normalized spacial score (nSPS) is 15.3. The first-order chi connectivity index (χ1) is 16.1. The zero-order valence-corrected chi connectivity index (χ0v) is 22.5. The van der Waals surface area contributed by atoms with E-state index in [1.165, 1.54) is 4.90 Å². The van der Waals surface area contributed by atoms with Gasteiger partial charge in [0.15, 0.2) is 0 Å². The number of hydrogen-bond donors (Lipinski definition) is 1. The van der Waals surface area contributed by atoms with Gasteiger partial charge in [-0.25, -0.2) is 4.79 Å². The van der Waals surface area contributed by atoms with Gasteiger partial charge in [0.25, 0.3) is 5.91 Å². The molecule has 11 heteroatoms. The Labute approximate surface area is 216 Å². The molecule has 2 rings (SSSR count). The summed E-state index contributed by atoms with van der Waals surface area (Å²) in [4.78, 5) is 54.0. The third-order valence-electron chi connectivity index (χ3n) is 4.84. The smallest absolute Gasteiger partial charge is 0.408 e. The lowest BCUT2D eigenvalue weighted by atomic mass is 10.1. The first-order valence-corrected chi connectivity index (χ1v) is 12.1. The number of carbonyl (C=O) groups is 4. The van der Waals surface area contributed by atoms with Gasteiger partial charge in [-0.3, -0.25) is 14.4 Å². The van der Waals surface area contributed by atoms with E-state index in [-0.39, 0.29) is 54.1 Å². The summed E-state index contributed by atoms with van der Waals surface area (Å²) in [6.45, 7) is 11.1. The molecule has 0 bridgehead atoms. The predicted octanol–water partition coefficient (Wildman–Crippen LogP) is 3.90. The number of esters is 1. The first-order valence-electron chi connectivity index (χ1n) is 11.3. The van der Waals surface area contributed by atoms with Gasteiger partial charge in [-0.1, -0.05) is 29.3 Å². The second kappa shape index (κ2) is 11.5. The highest BCUT2D eigenvalue weighted by molar-refractivity contribution is 6.39. The number of nitrogens with zero attached hydrogens (tertiary/aromatic N) is 2. The molecule has 1 heterocycles. The SMILES string of the molecule is CC(C)(C)OC(=O)CC(NC(=O)OC(C)(C)C)C(=O)N1CCN(C(=O)c2c(Cl)cccc2Cl)CC1. The van der Waals surface area contributed by atoms with Gasteiger partial charge in [0.1, 0.15) is 17.2 Å². The van der Waals surface area contributed by atoms with E-state index in [4.69, 9.17) is 32.7 Å². The molecule has 1 atom stereocenters. The summed E-state index contributed by atoms with van der Waals surface area (Å²) in [7, 11) is 0. The molecule has 35 heavy (non-hydrogen) atoms. The molecular weight excluding hydrogens is 497 g/mol. The highest BCUT2D eigenvalue weighted by Crippen LogP contribution is 2.26. The Morgan fingerprint density at radius 3 is 1.86 bits per heavy atom. The number of hydrogen-bond acceptors (Lipinski definition) is 6. The molecule has 1 unspecified atom stereocenters. The molecule has 0 spiro atoms. The minimum atomic E-state index is -1.18. The number of ether oxygens (including phenoxy) is 2. The Kier molecular flexibility index (Phi) is 9.42. The van der Waals surface area contributed by atoms with Crippen LogP contribution in [0, 0.1) is 0 Å². The van der Waals surface area contributed by atoms with E-state index in [0.717, 1.165) is 0 Å². The summed E-state index contributed by atoms with van der Waals surface area (Å²) in [5.41, 5.74) is -1.32. The standard InChI is InChI=1S/C24H33Cl2N3O6/c1-23(2,3)34-18(30)14-17(27-22(33)35-24(4,5)6)20(31)28-10-12-29(13-11-28)21(32)19-15(25)8-7-9-16(19)26/h7-9,17H,10-14H2,1-6H3,(H,27,33). The van der Waals surface area contributed by atoms with E-state index in [0.29, 0.717) is 0 Å². The zero-order chi connectivity index (χ0) is 26.6. The van der Waals surface area contributed by atoms with E-state index < -0.39 is 35.2 Å². The zero-order valence-electron chi connectivity index (χ0n) is 20.9. The lowest BCUT2D eigenvalue weighted by molar-refractivity contribution is -0.157. The van der Waals surface area contributed by atoms with Gasteiger partial charge in [-0.05, 0) is 53.7 Å². The van der Waals surface area contributed by atoms with Crippen molar-refractivity contribution in [2.45, 2.75) is 65.2 Å². The van der Waals surface area contributed by atoms with E-state index in [9.17, 15) is 19.2 Å². The molecule has 1 aromatic carbocycles. The van der Waals surface area contributed by atoms with Crippen molar-refractivity contribution in [1.29, 1.82) is 0 Å². The fourth-order valence-corrected chi connectivity index (χ4v) is 3.97. The molecule has 0 saturated carbocycles. The summed E-state index contributed by atoms with van der Waals surface area (Å²) in [6, 6.07) is 3.65. The van der Waals surface area contributed by atoms with Crippen molar-refractivity contribution in [2.24, 2.45) is 0 Å². The van der Waals surface area contributed by atoms with Crippen LogP contribution in [0.2, 0.25) is 10.0 Å². The Morgan fingerprint density at radius 2 is 1.37 bits per heavy atom. The summed E-state index contributed by atoms with van der Waals surface area (Å²) >= 11 is 12.3. The Hall–Kier alpha value is -2.52. The average molecular weight is 530 g/mol. The Morgan fingerprint density at radius 1 is 0.886 bits per heavy atom. The summed E-state index contributed by atoms with van der Waals surface area (Å²) in [5, 5.41) is 2.99. The molecule has 0 aliphatic carbocycles. The maximum absolute atomic E-state index is 13.3. The Balaban J connectivity index is 2.09. The summed E-state index contributed by atoms with van der Waals surface area (Å²) in [6.07, 6.45) is -1.18. The number of alkyl carbamates (subject to hydrolysis) is 1. The number of benzene rings is 1. The van der Waals surface area contributed by atoms with Crippen LogP contribution in [0.5, 0.6) is 0 Å². The molecule has 9 nitrogen and oxygen atoms in total. The second-order valence-corrected chi connectivity index (χ2v) is 11.0. The molecule has 194 valence electrons. The number of nitrogens with one attached hydrogen (secondary N) is 1. The van der Waals surface area contributed by atoms with Crippen LogP contribution in [-0.4, -0.2) is 77.1 Å². The Bertz CT molecular complexity index is 913. The van der Waals surface area contributed by atoms with Gasteiger partial charge in [0, 0.05) is 26.2 Å². The lowest BCUT2D eigenvalue weighted by Gasteiger charge is -2.36. The second-order valence-electron chi connectivity index (χ2n) is 10.2. The molecule has 1 aromatic rings. The van der Waals surface area contributed by atoms with E-state index in [1.807, 2.05) is 0 Å². The van der Waals surface area contributed by atoms with Crippen molar-refractivity contribution in [1.82, 2.24) is 15.1 Å². The predicted molar refractivity (Wildman–Crippen MR) is 133 cm³/mol. The van der Waals surface area contributed by atoms with Crippen LogP contribution >= 0.6 is 23.2 Å². The molecule has 1 aliphatic rings. The van der Waals surface area contributed by atoms with E-state index >= 15 is 0 Å². The number of amides is 3. The average Bonchev–Trinajstić information content (AvgIpc) is 2.70. The molecular formula is C24H33Cl2N3O6. The van der Waals surface area contributed by atoms with Gasteiger partial charge in [0.2, 0.25) is 5.91 Å². The van der Waals surface area contributed by atoms with Crippen molar-refractivity contribution in [2.75, 3.05) is 26.2 Å². The minimum Gasteiger partial charge on any atom is -0.460 e. The third kappa shape index (κ3) is 8.89. The van der Waals surface area contributed by atoms with Gasteiger partial charge in [-0.2, -0.15) is 0 Å². The topological polar surface area (TPSA) is 105 Å². The number of piperazine rings is 1. The van der Waals surface area contributed by atoms with Crippen LogP contribution in [0.3, 0.4) is 0 Å². The van der Waals surface area contributed by atoms with E-state index in [1.54, 1.807) is 64.6 Å². The maximum Gasteiger partial charge on any atom is 0.408 e. The lowest BCUT2D eigenvalue weighted by Crippen LogP contribution is -2.56. The van der Waals surface area contributed by atoms with Crippen LogP contribution in [-0.2, 0) is 19.1 Å². The molecule has 0 aromatic heterocycles. The fraction of sp³-hybridized carbons (Fsp3) is 0.583. The molecule has 3 amide bonds. The van der Waals surface area contributed by atoms with Gasteiger partial charge >= 0.3 is 12.1 Å². The molecule has 1 fully saturated rings. The summed E-state index contributed by atoms with van der Waals surface area (Å²) < 4.78 is 10.6. The largest absolute Gasteiger partial charge is 0.460 e. The van der Waals surface area contributed by atoms with Crippen molar-refractivity contribution in [3.63, 3.8) is 0 Å². The first kappa shape index (κ1) is 28.7. The van der Waals surface area contributed by atoms with Crippen LogP contribution in [0.15, 0.2) is 18.2 Å². The number of carbonyl (C=O) groups excluding carboxylic acids is 4. The van der Waals surface area contributed by atoms with Crippen molar-refractivity contribution < 1.29 is 28.7 Å².